The van der Waals surface area contributed by atoms with Crippen molar-refractivity contribution in [2.45, 2.75) is 71.0 Å². The first-order valence-corrected chi connectivity index (χ1v) is 7.95. The van der Waals surface area contributed by atoms with Gasteiger partial charge in [0.25, 0.3) is 0 Å². The summed E-state index contributed by atoms with van der Waals surface area (Å²) in [6, 6.07) is 6.47. The molecule has 1 aromatic carbocycles. The summed E-state index contributed by atoms with van der Waals surface area (Å²) >= 11 is 0. The minimum absolute atomic E-state index is 0.314. The monoisotopic (exact) mass is 276 g/mol. The molecule has 1 atom stereocenters. The van der Waals surface area contributed by atoms with Crippen molar-refractivity contribution >= 4 is 0 Å². The molecule has 2 heteroatoms. The molecule has 2 nitrogen and oxygen atoms in total. The van der Waals surface area contributed by atoms with Crippen molar-refractivity contribution in [2.24, 2.45) is 0 Å². The zero-order valence-electron chi connectivity index (χ0n) is 13.1. The quantitative estimate of drug-likeness (QED) is 0.882. The first-order chi connectivity index (χ1) is 9.57. The molecule has 1 aliphatic carbocycles. The van der Waals surface area contributed by atoms with E-state index in [2.05, 4.69) is 32.0 Å². The Balaban J connectivity index is 2.11. The van der Waals surface area contributed by atoms with E-state index in [-0.39, 0.29) is 5.60 Å². The highest BCUT2D eigenvalue weighted by Gasteiger charge is 2.39. The average molecular weight is 276 g/mol. The van der Waals surface area contributed by atoms with E-state index >= 15 is 0 Å². The van der Waals surface area contributed by atoms with Crippen LogP contribution in [0, 0.1) is 13.8 Å². The molecule has 112 valence electrons. The number of aryl methyl sites for hydroxylation is 2. The Kier molecular flexibility index (Phi) is 5.22. The van der Waals surface area contributed by atoms with Crippen LogP contribution in [-0.2, 0) is 11.2 Å². The third kappa shape index (κ3) is 3.42. The predicted molar refractivity (Wildman–Crippen MR) is 83.1 cm³/mol. The zero-order chi connectivity index (χ0) is 14.6. The summed E-state index contributed by atoms with van der Waals surface area (Å²) in [5.41, 5.74) is 3.50. The van der Waals surface area contributed by atoms with Gasteiger partial charge in [0.2, 0.25) is 0 Å². The molecule has 1 fully saturated rings. The molecular weight excluding hydrogens is 248 g/mol. The Morgan fingerprint density at radius 1 is 1.15 bits per heavy atom. The summed E-state index contributed by atoms with van der Waals surface area (Å²) in [5.74, 6) is 0. The Morgan fingerprint density at radius 2 is 1.85 bits per heavy atom. The minimum atomic E-state index is -0.398. The molecule has 1 unspecified atom stereocenters. The lowest BCUT2D eigenvalue weighted by Crippen LogP contribution is -2.47. The van der Waals surface area contributed by atoms with Crippen LogP contribution in [0.5, 0.6) is 0 Å². The predicted octanol–water partition coefficient (Wildman–Crippen LogP) is 3.95. The van der Waals surface area contributed by atoms with Crippen LogP contribution >= 0.6 is 0 Å². The van der Waals surface area contributed by atoms with Crippen LogP contribution in [0.15, 0.2) is 18.2 Å². The van der Waals surface area contributed by atoms with Gasteiger partial charge in [-0.15, -0.1) is 0 Å². The summed E-state index contributed by atoms with van der Waals surface area (Å²) in [6.45, 7) is 6.96. The Labute approximate surface area is 123 Å². The van der Waals surface area contributed by atoms with Crippen molar-refractivity contribution in [1.29, 1.82) is 0 Å². The van der Waals surface area contributed by atoms with Gasteiger partial charge in [-0.1, -0.05) is 37.5 Å². The van der Waals surface area contributed by atoms with Gasteiger partial charge in [0.05, 0.1) is 11.7 Å². The Hall–Kier alpha value is -0.860. The molecular formula is C18H28O2. The molecule has 1 aliphatic rings. The average Bonchev–Trinajstić information content (AvgIpc) is 2.44. The van der Waals surface area contributed by atoms with Gasteiger partial charge in [-0.05, 0) is 50.3 Å². The van der Waals surface area contributed by atoms with Crippen molar-refractivity contribution < 1.29 is 9.84 Å². The van der Waals surface area contributed by atoms with Gasteiger partial charge in [0.1, 0.15) is 0 Å². The first-order valence-electron chi connectivity index (χ1n) is 7.95. The molecule has 0 heterocycles. The molecule has 2 rings (SSSR count). The number of hydrogen-bond donors (Lipinski definition) is 1. The fourth-order valence-electron chi connectivity index (χ4n) is 3.35. The van der Waals surface area contributed by atoms with E-state index in [0.717, 1.165) is 12.8 Å². The fourth-order valence-corrected chi connectivity index (χ4v) is 3.35. The van der Waals surface area contributed by atoms with E-state index in [4.69, 9.17) is 4.74 Å². The van der Waals surface area contributed by atoms with Crippen molar-refractivity contribution in [3.8, 4) is 0 Å². The van der Waals surface area contributed by atoms with E-state index < -0.39 is 6.10 Å². The van der Waals surface area contributed by atoms with Gasteiger partial charge >= 0.3 is 0 Å². The highest BCUT2D eigenvalue weighted by atomic mass is 16.5. The minimum Gasteiger partial charge on any atom is -0.390 e. The number of aliphatic hydroxyl groups excluding tert-OH is 1. The van der Waals surface area contributed by atoms with Crippen molar-refractivity contribution in [3.05, 3.63) is 34.9 Å². The molecule has 0 saturated heterocycles. The van der Waals surface area contributed by atoms with Gasteiger partial charge in [-0.25, -0.2) is 0 Å². The second-order valence-corrected chi connectivity index (χ2v) is 6.20. The van der Waals surface area contributed by atoms with Crippen LogP contribution in [0.2, 0.25) is 0 Å². The van der Waals surface area contributed by atoms with E-state index in [9.17, 15) is 5.11 Å². The van der Waals surface area contributed by atoms with Gasteiger partial charge in [0.15, 0.2) is 0 Å². The summed E-state index contributed by atoms with van der Waals surface area (Å²) in [6.07, 6.45) is 5.89. The lowest BCUT2D eigenvalue weighted by molar-refractivity contribution is -0.138. The summed E-state index contributed by atoms with van der Waals surface area (Å²) in [7, 11) is 0. The second-order valence-electron chi connectivity index (χ2n) is 6.20. The number of rotatable bonds is 5. The SMILES string of the molecule is CCOC1(C(O)Cc2ccc(C)c(C)c2)CCCCC1. The number of ether oxygens (including phenoxy) is 1. The molecule has 0 bridgehead atoms. The van der Waals surface area contributed by atoms with E-state index in [1.807, 2.05) is 6.92 Å². The van der Waals surface area contributed by atoms with Crippen LogP contribution in [0.3, 0.4) is 0 Å². The summed E-state index contributed by atoms with van der Waals surface area (Å²) in [5, 5.41) is 10.7. The van der Waals surface area contributed by atoms with E-state index in [0.29, 0.717) is 13.0 Å². The van der Waals surface area contributed by atoms with Crippen LogP contribution in [0.25, 0.3) is 0 Å². The Morgan fingerprint density at radius 3 is 2.45 bits per heavy atom. The van der Waals surface area contributed by atoms with Gasteiger partial charge < -0.3 is 9.84 Å². The standard InChI is InChI=1S/C18H28O2/c1-4-20-18(10-6-5-7-11-18)17(19)13-16-9-8-14(2)15(3)12-16/h8-9,12,17,19H,4-7,10-11,13H2,1-3H3. The van der Waals surface area contributed by atoms with Crippen molar-refractivity contribution in [3.63, 3.8) is 0 Å². The van der Waals surface area contributed by atoms with Crippen molar-refractivity contribution in [1.82, 2.24) is 0 Å². The maximum atomic E-state index is 10.7. The second kappa shape index (κ2) is 6.73. The number of benzene rings is 1. The first kappa shape index (κ1) is 15.5. The Bertz CT molecular complexity index is 428. The topological polar surface area (TPSA) is 29.5 Å². The van der Waals surface area contributed by atoms with Gasteiger partial charge in [-0.2, -0.15) is 0 Å². The van der Waals surface area contributed by atoms with Crippen LogP contribution in [0.4, 0.5) is 0 Å². The molecule has 1 aromatic rings. The lowest BCUT2D eigenvalue weighted by Gasteiger charge is -2.41. The smallest absolute Gasteiger partial charge is 0.0943 e. The molecule has 0 amide bonds. The molecule has 20 heavy (non-hydrogen) atoms. The maximum absolute atomic E-state index is 10.7. The van der Waals surface area contributed by atoms with Crippen LogP contribution in [0.1, 0.15) is 55.7 Å². The molecule has 1 saturated carbocycles. The molecule has 0 aliphatic heterocycles. The molecule has 0 aromatic heterocycles. The maximum Gasteiger partial charge on any atom is 0.0943 e. The largest absolute Gasteiger partial charge is 0.390 e. The van der Waals surface area contributed by atoms with E-state index in [1.165, 1.54) is 36.0 Å². The fraction of sp³-hybridized carbons (Fsp3) is 0.667. The summed E-state index contributed by atoms with van der Waals surface area (Å²) < 4.78 is 6.01. The number of aliphatic hydroxyl groups is 1. The normalized spacial score (nSPS) is 19.8. The van der Waals surface area contributed by atoms with Gasteiger partial charge in [0, 0.05) is 13.0 Å². The van der Waals surface area contributed by atoms with Crippen LogP contribution < -0.4 is 0 Å². The number of hydrogen-bond acceptors (Lipinski definition) is 2. The third-order valence-electron chi connectivity index (χ3n) is 4.74. The van der Waals surface area contributed by atoms with Gasteiger partial charge in [-0.3, -0.25) is 0 Å². The highest BCUT2D eigenvalue weighted by molar-refractivity contribution is 5.30. The van der Waals surface area contributed by atoms with Crippen molar-refractivity contribution in [2.75, 3.05) is 6.61 Å². The molecule has 1 N–H and O–H groups in total. The molecule has 0 spiro atoms. The third-order valence-corrected chi connectivity index (χ3v) is 4.74. The van der Waals surface area contributed by atoms with E-state index in [1.54, 1.807) is 0 Å². The molecule has 0 radical (unpaired) electrons. The summed E-state index contributed by atoms with van der Waals surface area (Å²) in [4.78, 5) is 0. The lowest BCUT2D eigenvalue weighted by atomic mass is 9.78. The van der Waals surface area contributed by atoms with Crippen LogP contribution in [-0.4, -0.2) is 23.4 Å². The highest BCUT2D eigenvalue weighted by Crippen LogP contribution is 2.36. The zero-order valence-corrected chi connectivity index (χ0v) is 13.1.